The molecule has 0 aromatic heterocycles. The molecule has 2 aliphatic heterocycles. The molecular weight excluding hydrogens is 272 g/mol. The van der Waals surface area contributed by atoms with Gasteiger partial charge in [0, 0.05) is 12.0 Å². The molecule has 0 saturated carbocycles. The van der Waals surface area contributed by atoms with Crippen molar-refractivity contribution < 1.29 is 19.3 Å². The van der Waals surface area contributed by atoms with Gasteiger partial charge in [-0.15, -0.1) is 0 Å². The van der Waals surface area contributed by atoms with Gasteiger partial charge in [0.2, 0.25) is 0 Å². The summed E-state index contributed by atoms with van der Waals surface area (Å²) in [5.74, 6) is 0.114. The quantitative estimate of drug-likeness (QED) is 0.803. The van der Waals surface area contributed by atoms with Crippen molar-refractivity contribution in [1.29, 1.82) is 0 Å². The summed E-state index contributed by atoms with van der Waals surface area (Å²) in [5.41, 5.74) is 1.00. The van der Waals surface area contributed by atoms with Crippen LogP contribution in [-0.2, 0) is 14.2 Å². The monoisotopic (exact) mass is 300 g/mol. The van der Waals surface area contributed by atoms with Crippen LogP contribution in [0.25, 0.3) is 0 Å². The molecule has 0 radical (unpaired) electrons. The SMILES string of the molecule is CC1=C(O)OC1(CCC1OCCO1)[Si](C)(C)C(C)(C)C. The van der Waals surface area contributed by atoms with E-state index in [2.05, 4.69) is 33.9 Å². The zero-order valence-electron chi connectivity index (χ0n) is 13.6. The Labute approximate surface area is 123 Å². The van der Waals surface area contributed by atoms with Gasteiger partial charge in [-0.3, -0.25) is 0 Å². The molecular formula is C15H28O4Si. The van der Waals surface area contributed by atoms with E-state index in [0.717, 1.165) is 18.4 Å². The smallest absolute Gasteiger partial charge is 0.279 e. The fourth-order valence-electron chi connectivity index (χ4n) is 3.09. The number of rotatable bonds is 4. The summed E-state index contributed by atoms with van der Waals surface area (Å²) in [6, 6.07) is 0. The predicted molar refractivity (Wildman–Crippen MR) is 81.3 cm³/mol. The van der Waals surface area contributed by atoms with Gasteiger partial charge in [-0.2, -0.15) is 0 Å². The average Bonchev–Trinajstić information content (AvgIpc) is 2.85. The first-order valence-electron chi connectivity index (χ1n) is 7.44. The summed E-state index contributed by atoms with van der Waals surface area (Å²) in [6.45, 7) is 14.9. The van der Waals surface area contributed by atoms with Gasteiger partial charge in [-0.1, -0.05) is 33.9 Å². The minimum absolute atomic E-state index is 0.114. The summed E-state index contributed by atoms with van der Waals surface area (Å²) in [5, 5.41) is 9.68. The molecule has 1 saturated heterocycles. The largest absolute Gasteiger partial charge is 0.481 e. The Balaban J connectivity index is 2.19. The van der Waals surface area contributed by atoms with E-state index in [4.69, 9.17) is 14.2 Å². The van der Waals surface area contributed by atoms with E-state index in [1.807, 2.05) is 6.92 Å². The minimum atomic E-state index is -1.80. The van der Waals surface area contributed by atoms with Crippen molar-refractivity contribution in [2.45, 2.75) is 70.2 Å². The Kier molecular flexibility index (Phi) is 3.99. The van der Waals surface area contributed by atoms with Crippen molar-refractivity contribution in [3.63, 3.8) is 0 Å². The second-order valence-corrected chi connectivity index (χ2v) is 13.0. The molecule has 0 aliphatic carbocycles. The Morgan fingerprint density at radius 2 is 1.80 bits per heavy atom. The molecule has 2 aliphatic rings. The van der Waals surface area contributed by atoms with E-state index in [9.17, 15) is 5.11 Å². The summed E-state index contributed by atoms with van der Waals surface area (Å²) in [4.78, 5) is 0. The third kappa shape index (κ3) is 2.29. The molecule has 0 spiro atoms. The number of hydrogen-bond acceptors (Lipinski definition) is 4. The molecule has 4 nitrogen and oxygen atoms in total. The Morgan fingerprint density at radius 1 is 1.25 bits per heavy atom. The van der Waals surface area contributed by atoms with E-state index in [-0.39, 0.29) is 22.5 Å². The van der Waals surface area contributed by atoms with Gasteiger partial charge < -0.3 is 19.3 Å². The number of ether oxygens (including phenoxy) is 3. The van der Waals surface area contributed by atoms with E-state index < -0.39 is 8.07 Å². The third-order valence-electron chi connectivity index (χ3n) is 5.50. The van der Waals surface area contributed by atoms with Crippen LogP contribution >= 0.6 is 0 Å². The first-order chi connectivity index (χ1) is 9.12. The lowest BCUT2D eigenvalue weighted by Crippen LogP contribution is -2.65. The van der Waals surface area contributed by atoms with Gasteiger partial charge in [-0.25, -0.2) is 0 Å². The molecule has 20 heavy (non-hydrogen) atoms. The molecule has 0 bridgehead atoms. The van der Waals surface area contributed by atoms with Gasteiger partial charge >= 0.3 is 0 Å². The Bertz CT molecular complexity index is 405. The van der Waals surface area contributed by atoms with Crippen LogP contribution in [0.5, 0.6) is 0 Å². The molecule has 1 N–H and O–H groups in total. The maximum atomic E-state index is 9.79. The highest BCUT2D eigenvalue weighted by atomic mass is 28.3. The summed E-state index contributed by atoms with van der Waals surface area (Å²) < 4.78 is 16.9. The van der Waals surface area contributed by atoms with Crippen LogP contribution in [0.15, 0.2) is 11.5 Å². The van der Waals surface area contributed by atoms with Gasteiger partial charge in [-0.05, 0) is 18.4 Å². The van der Waals surface area contributed by atoms with Crippen LogP contribution in [0.2, 0.25) is 18.1 Å². The summed E-state index contributed by atoms with van der Waals surface area (Å²) in [7, 11) is -1.80. The summed E-state index contributed by atoms with van der Waals surface area (Å²) in [6.07, 6.45) is 1.55. The molecule has 116 valence electrons. The third-order valence-corrected chi connectivity index (χ3v) is 12.0. The molecule has 2 rings (SSSR count). The second kappa shape index (κ2) is 5.04. The van der Waals surface area contributed by atoms with E-state index in [1.54, 1.807) is 0 Å². The number of aliphatic hydroxyl groups is 1. The highest BCUT2D eigenvalue weighted by molar-refractivity contribution is 6.83. The lowest BCUT2D eigenvalue weighted by molar-refractivity contribution is -0.0833. The van der Waals surface area contributed by atoms with Crippen LogP contribution in [0.1, 0.15) is 40.5 Å². The van der Waals surface area contributed by atoms with E-state index in [1.165, 1.54) is 0 Å². The van der Waals surface area contributed by atoms with Crippen molar-refractivity contribution >= 4 is 8.07 Å². The van der Waals surface area contributed by atoms with Gasteiger partial charge in [0.25, 0.3) is 5.95 Å². The van der Waals surface area contributed by atoms with Crippen LogP contribution in [-0.4, -0.2) is 37.9 Å². The van der Waals surface area contributed by atoms with Gasteiger partial charge in [0.1, 0.15) is 13.3 Å². The molecule has 1 unspecified atom stereocenters. The van der Waals surface area contributed by atoms with E-state index in [0.29, 0.717) is 13.2 Å². The van der Waals surface area contributed by atoms with Crippen LogP contribution in [0.3, 0.4) is 0 Å². The number of aliphatic hydroxyl groups excluding tert-OH is 1. The standard InChI is InChI=1S/C15H28O4Si/c1-11-13(16)19-15(11,20(5,6)14(2,3)4)8-7-12-17-9-10-18-12/h12,16H,7-10H2,1-6H3. The molecule has 1 atom stereocenters. The fraction of sp³-hybridized carbons (Fsp3) is 0.867. The molecule has 5 heteroatoms. The zero-order valence-corrected chi connectivity index (χ0v) is 14.6. The van der Waals surface area contributed by atoms with Crippen molar-refractivity contribution in [2.75, 3.05) is 13.2 Å². The zero-order chi connectivity index (χ0) is 15.2. The van der Waals surface area contributed by atoms with Crippen LogP contribution in [0.4, 0.5) is 0 Å². The van der Waals surface area contributed by atoms with Crippen molar-refractivity contribution in [2.24, 2.45) is 0 Å². The van der Waals surface area contributed by atoms with Crippen molar-refractivity contribution in [1.82, 2.24) is 0 Å². The van der Waals surface area contributed by atoms with Crippen LogP contribution < -0.4 is 0 Å². The van der Waals surface area contributed by atoms with Crippen molar-refractivity contribution in [3.05, 3.63) is 11.5 Å². The molecule has 0 aromatic rings. The Hall–Kier alpha value is -0.523. The van der Waals surface area contributed by atoms with E-state index >= 15 is 0 Å². The highest BCUT2D eigenvalue weighted by Gasteiger charge is 2.61. The fourth-order valence-corrected chi connectivity index (χ4v) is 6.47. The van der Waals surface area contributed by atoms with Crippen molar-refractivity contribution in [3.8, 4) is 0 Å². The maximum Gasteiger partial charge on any atom is 0.279 e. The molecule has 0 amide bonds. The Morgan fingerprint density at radius 3 is 2.20 bits per heavy atom. The second-order valence-electron chi connectivity index (χ2n) is 7.44. The maximum absolute atomic E-state index is 9.79. The van der Waals surface area contributed by atoms with Gasteiger partial charge in [0.05, 0.1) is 13.2 Å². The van der Waals surface area contributed by atoms with Crippen LogP contribution in [0, 0.1) is 0 Å². The predicted octanol–water partition coefficient (Wildman–Crippen LogP) is 3.75. The molecule has 0 aromatic carbocycles. The molecule has 1 fully saturated rings. The number of hydrogen-bond donors (Lipinski definition) is 1. The summed E-state index contributed by atoms with van der Waals surface area (Å²) >= 11 is 0. The first-order valence-corrected chi connectivity index (χ1v) is 10.4. The lowest BCUT2D eigenvalue weighted by atomic mass is 10.0. The normalized spacial score (nSPS) is 28.5. The average molecular weight is 300 g/mol. The minimum Gasteiger partial charge on any atom is -0.481 e. The van der Waals surface area contributed by atoms with Gasteiger partial charge in [0.15, 0.2) is 6.29 Å². The topological polar surface area (TPSA) is 47.9 Å². The first kappa shape index (κ1) is 15.9. The molecule has 2 heterocycles. The lowest BCUT2D eigenvalue weighted by Gasteiger charge is -2.56. The highest BCUT2D eigenvalue weighted by Crippen LogP contribution is 2.54.